The van der Waals surface area contributed by atoms with Gasteiger partial charge in [-0.1, -0.05) is 31.0 Å². The van der Waals surface area contributed by atoms with E-state index < -0.39 is 11.5 Å². The lowest BCUT2D eigenvalue weighted by Crippen LogP contribution is -2.55. The van der Waals surface area contributed by atoms with Crippen LogP contribution in [0, 0.1) is 0 Å². The van der Waals surface area contributed by atoms with E-state index in [1.54, 1.807) is 0 Å². The van der Waals surface area contributed by atoms with Crippen LogP contribution in [0.1, 0.15) is 37.7 Å². The van der Waals surface area contributed by atoms with E-state index in [4.69, 9.17) is 4.74 Å². The molecule has 0 radical (unpaired) electrons. The zero-order valence-electron chi connectivity index (χ0n) is 10.9. The third-order valence-corrected chi connectivity index (χ3v) is 4.25. The van der Waals surface area contributed by atoms with Crippen molar-refractivity contribution in [2.24, 2.45) is 0 Å². The van der Waals surface area contributed by atoms with Gasteiger partial charge in [0.05, 0.1) is 6.61 Å². The van der Waals surface area contributed by atoms with Crippen molar-refractivity contribution in [3.63, 3.8) is 0 Å². The molecule has 3 rings (SSSR count). The smallest absolute Gasteiger partial charge is 0.328 e. The first-order chi connectivity index (χ1) is 9.22. The fourth-order valence-corrected chi connectivity index (χ4v) is 3.25. The summed E-state index contributed by atoms with van der Waals surface area (Å²) < 4.78 is 5.59. The number of benzene rings is 1. The summed E-state index contributed by atoms with van der Waals surface area (Å²) in [6.07, 6.45) is 4.99. The SMILES string of the molecule is O=C(O)C1(NC2CCCC2)CCOc2ccccc21. The van der Waals surface area contributed by atoms with Crippen LogP contribution in [0.25, 0.3) is 0 Å². The predicted octanol–water partition coefficient (Wildman–Crippen LogP) is 2.28. The maximum Gasteiger partial charge on any atom is 0.328 e. The molecular weight excluding hydrogens is 242 g/mol. The number of fused-ring (bicyclic) bond motifs is 1. The van der Waals surface area contributed by atoms with Gasteiger partial charge in [-0.3, -0.25) is 5.32 Å². The van der Waals surface area contributed by atoms with Crippen LogP contribution in [-0.2, 0) is 10.3 Å². The van der Waals surface area contributed by atoms with Gasteiger partial charge in [-0.2, -0.15) is 0 Å². The van der Waals surface area contributed by atoms with Crippen LogP contribution in [0.3, 0.4) is 0 Å². The summed E-state index contributed by atoms with van der Waals surface area (Å²) in [7, 11) is 0. The number of hydrogen-bond acceptors (Lipinski definition) is 3. The molecule has 0 spiro atoms. The molecule has 1 atom stereocenters. The lowest BCUT2D eigenvalue weighted by atomic mass is 9.83. The number of hydrogen-bond donors (Lipinski definition) is 2. The Labute approximate surface area is 112 Å². The first-order valence-electron chi connectivity index (χ1n) is 6.96. The Hall–Kier alpha value is -1.55. The highest BCUT2D eigenvalue weighted by Crippen LogP contribution is 2.38. The van der Waals surface area contributed by atoms with Crippen molar-refractivity contribution in [3.05, 3.63) is 29.8 Å². The van der Waals surface area contributed by atoms with Gasteiger partial charge in [0.1, 0.15) is 11.3 Å². The first kappa shape index (κ1) is 12.5. The Kier molecular flexibility index (Phi) is 3.19. The van der Waals surface area contributed by atoms with Crippen LogP contribution in [0.15, 0.2) is 24.3 Å². The number of carboxylic acids is 1. The standard InChI is InChI=1S/C15H19NO3/c17-14(18)15(16-11-5-1-2-6-11)9-10-19-13-8-4-3-7-12(13)15/h3-4,7-8,11,16H,1-2,5-6,9-10H2,(H,17,18). The van der Waals surface area contributed by atoms with Crippen LogP contribution in [0.2, 0.25) is 0 Å². The second-order valence-electron chi connectivity index (χ2n) is 5.43. The second kappa shape index (κ2) is 4.85. The Morgan fingerprint density at radius 1 is 1.32 bits per heavy atom. The summed E-state index contributed by atoms with van der Waals surface area (Å²) in [5.74, 6) is -0.100. The number of rotatable bonds is 3. The van der Waals surface area contributed by atoms with Crippen molar-refractivity contribution < 1.29 is 14.6 Å². The minimum absolute atomic E-state index is 0.308. The molecular formula is C15H19NO3. The average Bonchev–Trinajstić information content (AvgIpc) is 2.91. The molecule has 1 aromatic carbocycles. The van der Waals surface area contributed by atoms with E-state index in [0.29, 0.717) is 24.8 Å². The van der Waals surface area contributed by atoms with Gasteiger partial charge in [-0.25, -0.2) is 4.79 Å². The molecule has 4 nitrogen and oxygen atoms in total. The summed E-state index contributed by atoms with van der Waals surface area (Å²) in [5.41, 5.74) is -0.218. The summed E-state index contributed by atoms with van der Waals surface area (Å²) in [6, 6.07) is 7.78. The highest BCUT2D eigenvalue weighted by molar-refractivity contribution is 5.82. The summed E-state index contributed by atoms with van der Waals surface area (Å²) >= 11 is 0. The van der Waals surface area contributed by atoms with E-state index in [-0.39, 0.29) is 0 Å². The number of carbonyl (C=O) groups is 1. The highest BCUT2D eigenvalue weighted by Gasteiger charge is 2.46. The molecule has 2 aliphatic rings. The largest absolute Gasteiger partial charge is 0.493 e. The quantitative estimate of drug-likeness (QED) is 0.876. The average molecular weight is 261 g/mol. The van der Waals surface area contributed by atoms with Gasteiger partial charge in [0.15, 0.2) is 0 Å². The van der Waals surface area contributed by atoms with Crippen LogP contribution in [0.5, 0.6) is 5.75 Å². The van der Waals surface area contributed by atoms with Gasteiger partial charge in [0.2, 0.25) is 0 Å². The van der Waals surface area contributed by atoms with E-state index in [9.17, 15) is 9.90 Å². The minimum Gasteiger partial charge on any atom is -0.493 e. The Morgan fingerprint density at radius 3 is 2.79 bits per heavy atom. The first-order valence-corrected chi connectivity index (χ1v) is 6.96. The third-order valence-electron chi connectivity index (χ3n) is 4.25. The van der Waals surface area contributed by atoms with Gasteiger partial charge in [-0.05, 0) is 18.9 Å². The van der Waals surface area contributed by atoms with E-state index in [1.165, 1.54) is 12.8 Å². The molecule has 102 valence electrons. The molecule has 1 aromatic rings. The third kappa shape index (κ3) is 2.10. The molecule has 2 N–H and O–H groups in total. The maximum atomic E-state index is 11.9. The molecule has 1 aliphatic carbocycles. The number of ether oxygens (including phenoxy) is 1. The van der Waals surface area contributed by atoms with Crippen molar-refractivity contribution in [1.82, 2.24) is 5.32 Å². The van der Waals surface area contributed by atoms with Gasteiger partial charge in [0.25, 0.3) is 0 Å². The molecule has 1 aliphatic heterocycles. The van der Waals surface area contributed by atoms with Gasteiger partial charge in [-0.15, -0.1) is 0 Å². The van der Waals surface area contributed by atoms with Gasteiger partial charge >= 0.3 is 5.97 Å². The van der Waals surface area contributed by atoms with E-state index in [1.807, 2.05) is 24.3 Å². The fraction of sp³-hybridized carbons (Fsp3) is 0.533. The van der Waals surface area contributed by atoms with Crippen molar-refractivity contribution in [2.45, 2.75) is 43.7 Å². The molecule has 0 amide bonds. The number of nitrogens with one attached hydrogen (secondary N) is 1. The Balaban J connectivity index is 1.99. The molecule has 4 heteroatoms. The van der Waals surface area contributed by atoms with Crippen molar-refractivity contribution >= 4 is 5.97 Å². The van der Waals surface area contributed by atoms with E-state index in [0.717, 1.165) is 18.4 Å². The normalized spacial score (nSPS) is 26.7. The highest BCUT2D eigenvalue weighted by atomic mass is 16.5. The van der Waals surface area contributed by atoms with Gasteiger partial charge < -0.3 is 9.84 Å². The molecule has 0 bridgehead atoms. The lowest BCUT2D eigenvalue weighted by Gasteiger charge is -2.38. The lowest BCUT2D eigenvalue weighted by molar-refractivity contribution is -0.147. The summed E-state index contributed by atoms with van der Waals surface area (Å²) in [6.45, 7) is 0.447. The molecule has 0 aromatic heterocycles. The fourth-order valence-electron chi connectivity index (χ4n) is 3.25. The monoisotopic (exact) mass is 261 g/mol. The Morgan fingerprint density at radius 2 is 2.05 bits per heavy atom. The molecule has 19 heavy (non-hydrogen) atoms. The molecule has 1 fully saturated rings. The second-order valence-corrected chi connectivity index (χ2v) is 5.43. The zero-order valence-corrected chi connectivity index (χ0v) is 10.9. The molecule has 1 saturated carbocycles. The number of carboxylic acid groups (broad SMARTS) is 1. The number of aliphatic carboxylic acids is 1. The minimum atomic E-state index is -0.982. The van der Waals surface area contributed by atoms with Crippen LogP contribution < -0.4 is 10.1 Å². The summed E-state index contributed by atoms with van der Waals surface area (Å²) in [4.78, 5) is 11.9. The van der Waals surface area contributed by atoms with Crippen molar-refractivity contribution in [2.75, 3.05) is 6.61 Å². The Bertz CT molecular complexity index is 482. The topological polar surface area (TPSA) is 58.6 Å². The molecule has 1 unspecified atom stereocenters. The van der Waals surface area contributed by atoms with Crippen LogP contribution in [0.4, 0.5) is 0 Å². The summed E-state index contributed by atoms with van der Waals surface area (Å²) in [5, 5.41) is 13.2. The van der Waals surface area contributed by atoms with E-state index >= 15 is 0 Å². The zero-order chi connectivity index (χ0) is 13.3. The van der Waals surface area contributed by atoms with Gasteiger partial charge in [0, 0.05) is 18.0 Å². The van der Waals surface area contributed by atoms with Crippen LogP contribution >= 0.6 is 0 Å². The molecule has 0 saturated heterocycles. The maximum absolute atomic E-state index is 11.9. The van der Waals surface area contributed by atoms with E-state index in [2.05, 4.69) is 5.32 Å². The predicted molar refractivity (Wildman–Crippen MR) is 71.3 cm³/mol. The van der Waals surface area contributed by atoms with Crippen LogP contribution in [-0.4, -0.2) is 23.7 Å². The molecule has 1 heterocycles. The van der Waals surface area contributed by atoms with Crippen molar-refractivity contribution in [1.29, 1.82) is 0 Å². The number of para-hydroxylation sites is 1. The van der Waals surface area contributed by atoms with Crippen molar-refractivity contribution in [3.8, 4) is 5.75 Å².